The number of benzene rings is 2. The molecule has 0 aliphatic carbocycles. The van der Waals surface area contributed by atoms with Crippen LogP contribution in [-0.4, -0.2) is 26.2 Å². The molecule has 2 aromatic carbocycles. The van der Waals surface area contributed by atoms with E-state index in [-0.39, 0.29) is 17.9 Å². The number of hydrogen-bond donors (Lipinski definition) is 1. The van der Waals surface area contributed by atoms with Gasteiger partial charge in [0.2, 0.25) is 0 Å². The van der Waals surface area contributed by atoms with Crippen molar-refractivity contribution in [3.05, 3.63) is 52.6 Å². The fourth-order valence-electron chi connectivity index (χ4n) is 3.27. The van der Waals surface area contributed by atoms with Crippen LogP contribution < -0.4 is 19.5 Å². The van der Waals surface area contributed by atoms with Gasteiger partial charge in [-0.3, -0.25) is 4.79 Å². The van der Waals surface area contributed by atoms with Crippen LogP contribution in [0.2, 0.25) is 0 Å². The number of methoxy groups -OCH3 is 1. The standard InChI is InChI=1S/C24H33NO4/c1-8-28-21-11-10-18(13-23(21)29-9-2)17(6)25-24(26)20-14-19(15(3)4)22(27-7)12-16(20)5/h10-15,17H,8-9H2,1-7H3,(H,25,26)/t17-/m1/s1. The lowest BCUT2D eigenvalue weighted by Crippen LogP contribution is -2.27. The molecule has 1 amide bonds. The van der Waals surface area contributed by atoms with Crippen LogP contribution in [0.5, 0.6) is 17.2 Å². The number of amides is 1. The smallest absolute Gasteiger partial charge is 0.252 e. The first-order valence-corrected chi connectivity index (χ1v) is 10.2. The minimum atomic E-state index is -0.179. The summed E-state index contributed by atoms with van der Waals surface area (Å²) in [6.45, 7) is 13.1. The Hall–Kier alpha value is -2.69. The van der Waals surface area contributed by atoms with E-state index in [1.807, 2.05) is 58.0 Å². The first kappa shape index (κ1) is 22.6. The maximum Gasteiger partial charge on any atom is 0.252 e. The van der Waals surface area contributed by atoms with Crippen molar-refractivity contribution in [2.24, 2.45) is 0 Å². The van der Waals surface area contributed by atoms with E-state index >= 15 is 0 Å². The Morgan fingerprint density at radius 1 is 0.966 bits per heavy atom. The first-order chi connectivity index (χ1) is 13.8. The summed E-state index contributed by atoms with van der Waals surface area (Å²) in [6, 6.07) is 9.46. The third-order valence-corrected chi connectivity index (χ3v) is 4.86. The second kappa shape index (κ2) is 10.2. The maximum absolute atomic E-state index is 13.0. The summed E-state index contributed by atoms with van der Waals surface area (Å²) in [5.41, 5.74) is 3.53. The molecule has 2 rings (SSSR count). The van der Waals surface area contributed by atoms with Crippen LogP contribution in [0.25, 0.3) is 0 Å². The quantitative estimate of drug-likeness (QED) is 0.612. The minimum absolute atomic E-state index is 0.105. The van der Waals surface area contributed by atoms with Gasteiger partial charge in [-0.2, -0.15) is 0 Å². The second-order valence-electron chi connectivity index (χ2n) is 7.33. The van der Waals surface area contributed by atoms with Gasteiger partial charge in [-0.15, -0.1) is 0 Å². The summed E-state index contributed by atoms with van der Waals surface area (Å²) < 4.78 is 16.8. The lowest BCUT2D eigenvalue weighted by atomic mass is 9.95. The van der Waals surface area contributed by atoms with Crippen molar-refractivity contribution < 1.29 is 19.0 Å². The highest BCUT2D eigenvalue weighted by Crippen LogP contribution is 2.32. The monoisotopic (exact) mass is 399 g/mol. The summed E-state index contributed by atoms with van der Waals surface area (Å²) in [7, 11) is 1.66. The van der Waals surface area contributed by atoms with Gasteiger partial charge in [-0.25, -0.2) is 0 Å². The van der Waals surface area contributed by atoms with Gasteiger partial charge in [-0.1, -0.05) is 19.9 Å². The number of rotatable bonds is 9. The average Bonchev–Trinajstić information content (AvgIpc) is 2.68. The molecule has 0 saturated carbocycles. The SMILES string of the molecule is CCOc1ccc([C@@H](C)NC(=O)c2cc(C(C)C)c(OC)cc2C)cc1OCC. The first-order valence-electron chi connectivity index (χ1n) is 10.2. The topological polar surface area (TPSA) is 56.8 Å². The fourth-order valence-corrected chi connectivity index (χ4v) is 3.27. The summed E-state index contributed by atoms with van der Waals surface area (Å²) in [6.07, 6.45) is 0. The van der Waals surface area contributed by atoms with Crippen LogP contribution in [-0.2, 0) is 0 Å². The average molecular weight is 400 g/mol. The second-order valence-corrected chi connectivity index (χ2v) is 7.33. The van der Waals surface area contributed by atoms with Gasteiger partial charge < -0.3 is 19.5 Å². The fraction of sp³-hybridized carbons (Fsp3) is 0.458. The number of carbonyl (C=O) groups excluding carboxylic acids is 1. The minimum Gasteiger partial charge on any atom is -0.496 e. The molecule has 0 radical (unpaired) electrons. The van der Waals surface area contributed by atoms with Crippen LogP contribution in [0, 0.1) is 6.92 Å². The molecule has 0 heterocycles. The molecule has 29 heavy (non-hydrogen) atoms. The maximum atomic E-state index is 13.0. The van der Waals surface area contributed by atoms with Crippen molar-refractivity contribution in [2.45, 2.75) is 53.5 Å². The van der Waals surface area contributed by atoms with Crippen molar-refractivity contribution in [1.29, 1.82) is 0 Å². The molecule has 1 atom stereocenters. The van der Waals surface area contributed by atoms with Crippen LogP contribution in [0.4, 0.5) is 0 Å². The lowest BCUT2D eigenvalue weighted by molar-refractivity contribution is 0.0939. The molecule has 5 nitrogen and oxygen atoms in total. The van der Waals surface area contributed by atoms with E-state index in [2.05, 4.69) is 19.2 Å². The van der Waals surface area contributed by atoms with Crippen molar-refractivity contribution in [1.82, 2.24) is 5.32 Å². The third-order valence-electron chi connectivity index (χ3n) is 4.86. The Bertz CT molecular complexity index is 845. The van der Waals surface area contributed by atoms with E-state index in [4.69, 9.17) is 14.2 Å². The van der Waals surface area contributed by atoms with Crippen molar-refractivity contribution >= 4 is 5.91 Å². The number of aryl methyl sites for hydroxylation is 1. The summed E-state index contributed by atoms with van der Waals surface area (Å²) >= 11 is 0. The van der Waals surface area contributed by atoms with Crippen molar-refractivity contribution in [2.75, 3.05) is 20.3 Å². The van der Waals surface area contributed by atoms with Gasteiger partial charge in [0.25, 0.3) is 5.91 Å². The van der Waals surface area contributed by atoms with E-state index in [1.165, 1.54) is 0 Å². The van der Waals surface area contributed by atoms with E-state index in [9.17, 15) is 4.79 Å². The van der Waals surface area contributed by atoms with Crippen LogP contribution in [0.3, 0.4) is 0 Å². The van der Waals surface area contributed by atoms with Gasteiger partial charge in [0.15, 0.2) is 11.5 Å². The highest BCUT2D eigenvalue weighted by molar-refractivity contribution is 5.96. The van der Waals surface area contributed by atoms with E-state index in [0.29, 0.717) is 30.3 Å². The van der Waals surface area contributed by atoms with Gasteiger partial charge >= 0.3 is 0 Å². The Balaban J connectivity index is 2.27. The molecule has 5 heteroatoms. The van der Waals surface area contributed by atoms with Gasteiger partial charge in [0.05, 0.1) is 26.4 Å². The predicted octanol–water partition coefficient (Wildman–Crippen LogP) is 5.42. The van der Waals surface area contributed by atoms with E-state index in [1.54, 1.807) is 7.11 Å². The molecule has 0 aromatic heterocycles. The van der Waals surface area contributed by atoms with Crippen LogP contribution in [0.1, 0.15) is 73.6 Å². The zero-order valence-corrected chi connectivity index (χ0v) is 18.6. The number of carbonyl (C=O) groups is 1. The van der Waals surface area contributed by atoms with Crippen LogP contribution >= 0.6 is 0 Å². The zero-order valence-electron chi connectivity index (χ0n) is 18.6. The molecule has 0 aliphatic rings. The Morgan fingerprint density at radius 2 is 1.62 bits per heavy atom. The predicted molar refractivity (Wildman–Crippen MR) is 116 cm³/mol. The number of ether oxygens (including phenoxy) is 3. The summed E-state index contributed by atoms with van der Waals surface area (Å²) in [5.74, 6) is 2.37. The van der Waals surface area contributed by atoms with Gasteiger partial charge in [0.1, 0.15) is 5.75 Å². The van der Waals surface area contributed by atoms with Crippen molar-refractivity contribution in [3.63, 3.8) is 0 Å². The third kappa shape index (κ3) is 5.43. The van der Waals surface area contributed by atoms with E-state index in [0.717, 1.165) is 22.4 Å². The normalized spacial score (nSPS) is 11.9. The molecule has 1 N–H and O–H groups in total. The molecular weight excluding hydrogens is 366 g/mol. The van der Waals surface area contributed by atoms with Gasteiger partial charge in [-0.05, 0) is 74.6 Å². The van der Waals surface area contributed by atoms with Crippen LogP contribution in [0.15, 0.2) is 30.3 Å². The Morgan fingerprint density at radius 3 is 2.21 bits per heavy atom. The molecular formula is C24H33NO4. The molecule has 0 aliphatic heterocycles. The molecule has 0 spiro atoms. The molecule has 0 fully saturated rings. The van der Waals surface area contributed by atoms with Crippen molar-refractivity contribution in [3.8, 4) is 17.2 Å². The Kier molecular flexibility index (Phi) is 7.94. The molecule has 0 bridgehead atoms. The summed E-state index contributed by atoms with van der Waals surface area (Å²) in [5, 5.41) is 3.10. The highest BCUT2D eigenvalue weighted by Gasteiger charge is 2.19. The largest absolute Gasteiger partial charge is 0.496 e. The number of nitrogens with one attached hydrogen (secondary N) is 1. The molecule has 158 valence electrons. The highest BCUT2D eigenvalue weighted by atomic mass is 16.5. The van der Waals surface area contributed by atoms with E-state index < -0.39 is 0 Å². The van der Waals surface area contributed by atoms with Gasteiger partial charge in [0, 0.05) is 5.56 Å². The Labute approximate surface area is 174 Å². The molecule has 2 aromatic rings. The molecule has 0 saturated heterocycles. The zero-order chi connectivity index (χ0) is 21.6. The summed E-state index contributed by atoms with van der Waals surface area (Å²) in [4.78, 5) is 13.0. The molecule has 0 unspecified atom stereocenters. The number of hydrogen-bond acceptors (Lipinski definition) is 4. The lowest BCUT2D eigenvalue weighted by Gasteiger charge is -2.19.